The second-order valence-corrected chi connectivity index (χ2v) is 8.10. The van der Waals surface area contributed by atoms with E-state index in [-0.39, 0.29) is 11.6 Å². The molecule has 2 N–H and O–H groups in total. The number of carbonyl (C=O) groups is 2. The molecule has 2 amide bonds. The van der Waals surface area contributed by atoms with Crippen LogP contribution in [0.5, 0.6) is 0 Å². The molecular formula is C21H31N3O3. The van der Waals surface area contributed by atoms with Crippen LogP contribution in [0.2, 0.25) is 0 Å². The number of rotatable bonds is 5. The van der Waals surface area contributed by atoms with Crippen LogP contribution < -0.4 is 5.32 Å². The molecule has 2 aliphatic heterocycles. The third kappa shape index (κ3) is 5.70. The molecule has 1 aromatic carbocycles. The van der Waals surface area contributed by atoms with Crippen molar-refractivity contribution < 1.29 is 14.7 Å². The van der Waals surface area contributed by atoms with Gasteiger partial charge in [0.1, 0.15) is 0 Å². The maximum Gasteiger partial charge on any atom is 0.335 e. The van der Waals surface area contributed by atoms with Gasteiger partial charge in [0.2, 0.25) is 0 Å². The zero-order valence-electron chi connectivity index (χ0n) is 16.2. The van der Waals surface area contributed by atoms with Crippen molar-refractivity contribution in [3.05, 3.63) is 35.4 Å². The summed E-state index contributed by atoms with van der Waals surface area (Å²) in [6, 6.07) is 6.62. The molecule has 0 saturated carbocycles. The van der Waals surface area contributed by atoms with Crippen molar-refractivity contribution in [2.24, 2.45) is 11.8 Å². The molecule has 2 heterocycles. The van der Waals surface area contributed by atoms with Crippen LogP contribution >= 0.6 is 0 Å². The first-order valence-electron chi connectivity index (χ1n) is 10.1. The molecule has 1 unspecified atom stereocenters. The average molecular weight is 373 g/mol. The highest BCUT2D eigenvalue weighted by molar-refractivity contribution is 5.87. The van der Waals surface area contributed by atoms with E-state index in [1.54, 1.807) is 24.3 Å². The van der Waals surface area contributed by atoms with Crippen LogP contribution in [0.15, 0.2) is 24.3 Å². The van der Waals surface area contributed by atoms with Gasteiger partial charge < -0.3 is 20.2 Å². The summed E-state index contributed by atoms with van der Waals surface area (Å²) in [5, 5.41) is 11.9. The topological polar surface area (TPSA) is 72.9 Å². The maximum absolute atomic E-state index is 12.5. The third-order valence-corrected chi connectivity index (χ3v) is 5.84. The number of carboxylic acids is 1. The van der Waals surface area contributed by atoms with Crippen molar-refractivity contribution in [3.8, 4) is 0 Å². The lowest BCUT2D eigenvalue weighted by Gasteiger charge is -2.37. The quantitative estimate of drug-likeness (QED) is 0.832. The van der Waals surface area contributed by atoms with Crippen molar-refractivity contribution >= 4 is 12.0 Å². The Balaban J connectivity index is 1.44. The highest BCUT2D eigenvalue weighted by Gasteiger charge is 2.26. The van der Waals surface area contributed by atoms with E-state index in [0.717, 1.165) is 37.5 Å². The number of carboxylic acid groups (broad SMARTS) is 1. The number of amides is 2. The van der Waals surface area contributed by atoms with Crippen LogP contribution in [0.25, 0.3) is 0 Å². The first-order valence-corrected chi connectivity index (χ1v) is 10.1. The molecule has 0 radical (unpaired) electrons. The van der Waals surface area contributed by atoms with Crippen molar-refractivity contribution in [2.75, 3.05) is 32.7 Å². The Morgan fingerprint density at radius 1 is 1.11 bits per heavy atom. The highest BCUT2D eigenvalue weighted by atomic mass is 16.4. The normalized spacial score (nSPS) is 21.8. The van der Waals surface area contributed by atoms with E-state index < -0.39 is 5.97 Å². The monoisotopic (exact) mass is 373 g/mol. The second-order valence-electron chi connectivity index (χ2n) is 8.10. The molecular weight excluding hydrogens is 342 g/mol. The Morgan fingerprint density at radius 3 is 2.48 bits per heavy atom. The van der Waals surface area contributed by atoms with Gasteiger partial charge in [-0.2, -0.15) is 0 Å². The van der Waals surface area contributed by atoms with Gasteiger partial charge in [0.05, 0.1) is 5.56 Å². The molecule has 2 aliphatic rings. The van der Waals surface area contributed by atoms with Crippen LogP contribution in [0, 0.1) is 11.8 Å². The van der Waals surface area contributed by atoms with Crippen molar-refractivity contribution in [1.29, 1.82) is 0 Å². The van der Waals surface area contributed by atoms with Gasteiger partial charge in [-0.05, 0) is 68.3 Å². The van der Waals surface area contributed by atoms with Gasteiger partial charge in [-0.25, -0.2) is 9.59 Å². The Labute approximate surface area is 161 Å². The van der Waals surface area contributed by atoms with E-state index in [9.17, 15) is 9.59 Å². The largest absolute Gasteiger partial charge is 0.478 e. The molecule has 6 heteroatoms. The van der Waals surface area contributed by atoms with Gasteiger partial charge in [0.25, 0.3) is 0 Å². The third-order valence-electron chi connectivity index (χ3n) is 5.84. The Morgan fingerprint density at radius 2 is 1.81 bits per heavy atom. The highest BCUT2D eigenvalue weighted by Crippen LogP contribution is 2.22. The van der Waals surface area contributed by atoms with Gasteiger partial charge in [-0.1, -0.05) is 19.1 Å². The lowest BCUT2D eigenvalue weighted by Crippen LogP contribution is -2.48. The van der Waals surface area contributed by atoms with E-state index in [1.807, 2.05) is 4.90 Å². The van der Waals surface area contributed by atoms with Crippen LogP contribution in [0.1, 0.15) is 48.5 Å². The Bertz CT molecular complexity index is 639. The summed E-state index contributed by atoms with van der Waals surface area (Å²) >= 11 is 0. The molecule has 0 spiro atoms. The lowest BCUT2D eigenvalue weighted by atomic mass is 9.94. The first-order chi connectivity index (χ1) is 13.0. The number of hydrogen-bond donors (Lipinski definition) is 2. The standard InChI is InChI=1S/C21H31N3O3/c1-16-8-11-23(12-9-16)14-18-3-2-10-24(15-18)21(27)22-13-17-4-6-19(7-5-17)20(25)26/h4-7,16,18H,2-3,8-15H2,1H3,(H,22,27)(H,25,26). The van der Waals surface area contributed by atoms with Gasteiger partial charge in [0.15, 0.2) is 0 Å². The van der Waals surface area contributed by atoms with Crippen molar-refractivity contribution in [2.45, 2.75) is 39.2 Å². The molecule has 3 rings (SSSR count). The van der Waals surface area contributed by atoms with E-state index in [4.69, 9.17) is 5.11 Å². The maximum atomic E-state index is 12.5. The van der Waals surface area contributed by atoms with E-state index >= 15 is 0 Å². The molecule has 148 valence electrons. The van der Waals surface area contributed by atoms with E-state index in [0.29, 0.717) is 12.5 Å². The zero-order chi connectivity index (χ0) is 19.2. The summed E-state index contributed by atoms with van der Waals surface area (Å²) in [6.45, 7) is 7.88. The molecule has 1 atom stereocenters. The first kappa shape index (κ1) is 19.7. The number of aromatic carboxylic acids is 1. The SMILES string of the molecule is CC1CCN(CC2CCCN(C(=O)NCc3ccc(C(=O)O)cc3)C2)CC1. The summed E-state index contributed by atoms with van der Waals surface area (Å²) in [5.74, 6) is 0.473. The second kappa shape index (κ2) is 9.22. The predicted molar refractivity (Wildman–Crippen MR) is 105 cm³/mol. The molecule has 0 bridgehead atoms. The number of benzene rings is 1. The van der Waals surface area contributed by atoms with Crippen molar-refractivity contribution in [3.63, 3.8) is 0 Å². The number of nitrogens with zero attached hydrogens (tertiary/aromatic N) is 2. The van der Waals surface area contributed by atoms with Gasteiger partial charge >= 0.3 is 12.0 Å². The molecule has 27 heavy (non-hydrogen) atoms. The molecule has 0 aliphatic carbocycles. The van der Waals surface area contributed by atoms with Gasteiger partial charge in [-0.3, -0.25) is 0 Å². The van der Waals surface area contributed by atoms with Crippen LogP contribution in [0.4, 0.5) is 4.79 Å². The number of likely N-dealkylation sites (tertiary alicyclic amines) is 2. The zero-order valence-corrected chi connectivity index (χ0v) is 16.2. The minimum atomic E-state index is -0.937. The fourth-order valence-corrected chi connectivity index (χ4v) is 4.06. The summed E-state index contributed by atoms with van der Waals surface area (Å²) < 4.78 is 0. The molecule has 2 fully saturated rings. The number of piperidine rings is 2. The van der Waals surface area contributed by atoms with Gasteiger partial charge in [0, 0.05) is 26.2 Å². The number of urea groups is 1. The molecule has 2 saturated heterocycles. The lowest BCUT2D eigenvalue weighted by molar-refractivity contribution is 0.0697. The fourth-order valence-electron chi connectivity index (χ4n) is 4.06. The predicted octanol–water partition coefficient (Wildman–Crippen LogP) is 3.04. The fraction of sp³-hybridized carbons (Fsp3) is 0.619. The van der Waals surface area contributed by atoms with Crippen molar-refractivity contribution in [1.82, 2.24) is 15.1 Å². The summed E-state index contributed by atoms with van der Waals surface area (Å²) in [5.41, 5.74) is 1.17. The van der Waals surface area contributed by atoms with Crippen LogP contribution in [-0.4, -0.2) is 59.6 Å². The number of carbonyl (C=O) groups excluding carboxylic acids is 1. The minimum absolute atomic E-state index is 0.0192. The molecule has 0 aromatic heterocycles. The summed E-state index contributed by atoms with van der Waals surface area (Å²) in [4.78, 5) is 27.9. The molecule has 1 aromatic rings. The Hall–Kier alpha value is -2.08. The molecule has 6 nitrogen and oxygen atoms in total. The number of nitrogens with one attached hydrogen (secondary N) is 1. The summed E-state index contributed by atoms with van der Waals surface area (Å²) in [7, 11) is 0. The minimum Gasteiger partial charge on any atom is -0.478 e. The smallest absolute Gasteiger partial charge is 0.335 e. The van der Waals surface area contributed by atoms with Crippen LogP contribution in [-0.2, 0) is 6.54 Å². The summed E-state index contributed by atoms with van der Waals surface area (Å²) in [6.07, 6.45) is 4.84. The number of hydrogen-bond acceptors (Lipinski definition) is 3. The Kier molecular flexibility index (Phi) is 6.72. The van der Waals surface area contributed by atoms with Crippen LogP contribution in [0.3, 0.4) is 0 Å². The van der Waals surface area contributed by atoms with Gasteiger partial charge in [-0.15, -0.1) is 0 Å². The van der Waals surface area contributed by atoms with E-state index in [2.05, 4.69) is 17.1 Å². The average Bonchev–Trinajstić information content (AvgIpc) is 2.68. The van der Waals surface area contributed by atoms with E-state index in [1.165, 1.54) is 32.4 Å².